The van der Waals surface area contributed by atoms with Crippen molar-refractivity contribution < 1.29 is 0 Å². The van der Waals surface area contributed by atoms with E-state index in [-0.39, 0.29) is 6.04 Å². The third-order valence-electron chi connectivity index (χ3n) is 3.77. The molecule has 0 amide bonds. The number of hydrogen-bond acceptors (Lipinski definition) is 4. The second-order valence-electron chi connectivity index (χ2n) is 5.12. The van der Waals surface area contributed by atoms with Gasteiger partial charge in [0.25, 0.3) is 0 Å². The van der Waals surface area contributed by atoms with E-state index in [4.69, 9.17) is 5.73 Å². The van der Waals surface area contributed by atoms with Crippen molar-refractivity contribution in [2.45, 2.75) is 32.9 Å². The molecule has 108 valence electrons. The van der Waals surface area contributed by atoms with Crippen molar-refractivity contribution in [1.82, 2.24) is 9.88 Å². The average molecular weight is 289 g/mol. The summed E-state index contributed by atoms with van der Waals surface area (Å²) in [5, 5.41) is 0. The maximum Gasteiger partial charge on any atom is 0.0798 e. The Labute approximate surface area is 125 Å². The van der Waals surface area contributed by atoms with Crippen LogP contribution in [0.2, 0.25) is 0 Å². The van der Waals surface area contributed by atoms with Gasteiger partial charge in [0.2, 0.25) is 0 Å². The van der Waals surface area contributed by atoms with Gasteiger partial charge in [-0.25, -0.2) is 4.98 Å². The fourth-order valence-electron chi connectivity index (χ4n) is 2.36. The number of thiazole rings is 1. The quantitative estimate of drug-likeness (QED) is 0.888. The molecule has 0 spiro atoms. The summed E-state index contributed by atoms with van der Waals surface area (Å²) in [7, 11) is 2.13. The lowest BCUT2D eigenvalue weighted by Crippen LogP contribution is -2.30. The minimum absolute atomic E-state index is 0.252. The highest BCUT2D eigenvalue weighted by Crippen LogP contribution is 2.23. The van der Waals surface area contributed by atoms with E-state index in [1.165, 1.54) is 16.0 Å². The van der Waals surface area contributed by atoms with Crippen molar-refractivity contribution in [1.29, 1.82) is 0 Å². The van der Waals surface area contributed by atoms with E-state index >= 15 is 0 Å². The Balaban J connectivity index is 2.12. The van der Waals surface area contributed by atoms with Gasteiger partial charge < -0.3 is 5.73 Å². The third-order valence-corrected chi connectivity index (χ3v) is 4.69. The lowest BCUT2D eigenvalue weighted by molar-refractivity contribution is 0.243. The lowest BCUT2D eigenvalue weighted by Gasteiger charge is -2.27. The molecule has 20 heavy (non-hydrogen) atoms. The molecule has 0 fully saturated rings. The molecule has 4 heteroatoms. The number of aromatic nitrogens is 1. The summed E-state index contributed by atoms with van der Waals surface area (Å²) in [5.74, 6) is 0. The van der Waals surface area contributed by atoms with Crippen LogP contribution >= 0.6 is 11.3 Å². The van der Waals surface area contributed by atoms with E-state index in [1.807, 2.05) is 5.51 Å². The second kappa shape index (κ2) is 6.97. The number of benzene rings is 1. The maximum absolute atomic E-state index is 5.99. The molecule has 0 aliphatic carbocycles. The van der Waals surface area contributed by atoms with Crippen LogP contribution in [0.15, 0.2) is 29.8 Å². The average Bonchev–Trinajstić information content (AvgIpc) is 2.86. The molecule has 2 rings (SSSR count). The predicted octanol–water partition coefficient (Wildman–Crippen LogP) is 3.15. The number of nitrogens with two attached hydrogens (primary N) is 1. The highest BCUT2D eigenvalue weighted by molar-refractivity contribution is 7.09. The summed E-state index contributed by atoms with van der Waals surface area (Å²) in [6.07, 6.45) is 1.07. The first-order valence-electron chi connectivity index (χ1n) is 7.03. The molecular formula is C16H23N3S. The fraction of sp³-hybridized carbons (Fsp3) is 0.438. The molecule has 3 nitrogen and oxygen atoms in total. The Morgan fingerprint density at radius 2 is 2.00 bits per heavy atom. The van der Waals surface area contributed by atoms with Gasteiger partial charge in [0.05, 0.1) is 11.2 Å². The van der Waals surface area contributed by atoms with Crippen LogP contribution in [0.5, 0.6) is 0 Å². The zero-order valence-electron chi connectivity index (χ0n) is 12.5. The van der Waals surface area contributed by atoms with Gasteiger partial charge in [0.15, 0.2) is 0 Å². The van der Waals surface area contributed by atoms with Crippen molar-refractivity contribution in [2.24, 2.45) is 5.73 Å². The Kier molecular flexibility index (Phi) is 5.29. The van der Waals surface area contributed by atoms with E-state index in [2.05, 4.69) is 55.0 Å². The van der Waals surface area contributed by atoms with Gasteiger partial charge >= 0.3 is 0 Å². The Hall–Kier alpha value is -1.23. The second-order valence-corrected chi connectivity index (χ2v) is 6.06. The van der Waals surface area contributed by atoms with Crippen molar-refractivity contribution in [3.8, 4) is 0 Å². The highest BCUT2D eigenvalue weighted by Gasteiger charge is 2.17. The maximum atomic E-state index is 5.99. The first-order chi connectivity index (χ1) is 9.65. The standard InChI is InChI=1S/C16H23N3S/c1-4-13-5-7-14(8-6-13)15(9-17)19(3)10-16-12(2)18-11-20-16/h5-8,11,15H,4,9-10,17H2,1-3H3. The zero-order valence-corrected chi connectivity index (χ0v) is 13.3. The van der Waals surface area contributed by atoms with E-state index in [1.54, 1.807) is 11.3 Å². The van der Waals surface area contributed by atoms with Crippen molar-refractivity contribution in [3.63, 3.8) is 0 Å². The van der Waals surface area contributed by atoms with Crippen LogP contribution in [-0.4, -0.2) is 23.5 Å². The Morgan fingerprint density at radius 1 is 1.30 bits per heavy atom. The number of hydrogen-bond donors (Lipinski definition) is 1. The highest BCUT2D eigenvalue weighted by atomic mass is 32.1. The van der Waals surface area contributed by atoms with E-state index < -0.39 is 0 Å². The van der Waals surface area contributed by atoms with Gasteiger partial charge in [-0.3, -0.25) is 4.90 Å². The minimum atomic E-state index is 0.252. The van der Waals surface area contributed by atoms with Crippen LogP contribution in [0.1, 0.15) is 34.7 Å². The Bertz CT molecular complexity index is 533. The number of likely N-dealkylation sites (N-methyl/N-ethyl adjacent to an activating group) is 1. The number of nitrogens with zero attached hydrogens (tertiary/aromatic N) is 2. The monoisotopic (exact) mass is 289 g/mol. The molecule has 0 saturated heterocycles. The summed E-state index contributed by atoms with van der Waals surface area (Å²) in [5.41, 5.74) is 11.7. The molecule has 2 aromatic rings. The van der Waals surface area contributed by atoms with E-state index in [0.29, 0.717) is 6.54 Å². The van der Waals surface area contributed by atoms with Gasteiger partial charge in [0.1, 0.15) is 0 Å². The molecule has 0 radical (unpaired) electrons. The van der Waals surface area contributed by atoms with E-state index in [0.717, 1.165) is 18.7 Å². The van der Waals surface area contributed by atoms with Gasteiger partial charge in [-0.1, -0.05) is 31.2 Å². The van der Waals surface area contributed by atoms with Crippen LogP contribution < -0.4 is 5.73 Å². The zero-order chi connectivity index (χ0) is 14.5. The predicted molar refractivity (Wildman–Crippen MR) is 85.9 cm³/mol. The summed E-state index contributed by atoms with van der Waals surface area (Å²) in [4.78, 5) is 7.93. The number of rotatable bonds is 6. The summed E-state index contributed by atoms with van der Waals surface area (Å²) in [6.45, 7) is 5.76. The molecular weight excluding hydrogens is 266 g/mol. The first kappa shape index (κ1) is 15.2. The van der Waals surface area contributed by atoms with Crippen molar-refractivity contribution in [3.05, 3.63) is 51.5 Å². The first-order valence-corrected chi connectivity index (χ1v) is 7.91. The van der Waals surface area contributed by atoms with Crippen molar-refractivity contribution in [2.75, 3.05) is 13.6 Å². The van der Waals surface area contributed by atoms with Crippen LogP contribution in [0.4, 0.5) is 0 Å². The molecule has 0 saturated carbocycles. The summed E-state index contributed by atoms with van der Waals surface area (Å²) >= 11 is 1.71. The SMILES string of the molecule is CCc1ccc(C(CN)N(C)Cc2scnc2C)cc1. The molecule has 1 aromatic carbocycles. The van der Waals surface area contributed by atoms with Crippen LogP contribution in [0.3, 0.4) is 0 Å². The van der Waals surface area contributed by atoms with Crippen LogP contribution in [0.25, 0.3) is 0 Å². The molecule has 0 aliphatic rings. The third kappa shape index (κ3) is 3.45. The summed E-state index contributed by atoms with van der Waals surface area (Å²) < 4.78 is 0. The van der Waals surface area contributed by atoms with Gasteiger partial charge in [-0.05, 0) is 31.5 Å². The molecule has 1 atom stereocenters. The fourth-order valence-corrected chi connectivity index (χ4v) is 3.20. The number of aryl methyl sites for hydroxylation is 2. The van der Waals surface area contributed by atoms with Crippen LogP contribution in [0, 0.1) is 6.92 Å². The van der Waals surface area contributed by atoms with E-state index in [9.17, 15) is 0 Å². The lowest BCUT2D eigenvalue weighted by atomic mass is 10.0. The molecule has 0 bridgehead atoms. The Morgan fingerprint density at radius 3 is 2.50 bits per heavy atom. The van der Waals surface area contributed by atoms with Gasteiger partial charge in [0, 0.05) is 24.0 Å². The normalized spacial score (nSPS) is 12.8. The molecule has 1 heterocycles. The largest absolute Gasteiger partial charge is 0.329 e. The van der Waals surface area contributed by atoms with Crippen molar-refractivity contribution >= 4 is 11.3 Å². The van der Waals surface area contributed by atoms with Gasteiger partial charge in [-0.15, -0.1) is 11.3 Å². The minimum Gasteiger partial charge on any atom is -0.329 e. The molecule has 1 unspecified atom stereocenters. The smallest absolute Gasteiger partial charge is 0.0798 e. The van der Waals surface area contributed by atoms with Crippen LogP contribution in [-0.2, 0) is 13.0 Å². The molecule has 0 aliphatic heterocycles. The molecule has 1 aromatic heterocycles. The molecule has 2 N–H and O–H groups in total. The summed E-state index contributed by atoms with van der Waals surface area (Å²) in [6, 6.07) is 9.05. The topological polar surface area (TPSA) is 42.1 Å². The van der Waals surface area contributed by atoms with Gasteiger partial charge in [-0.2, -0.15) is 0 Å².